The van der Waals surface area contributed by atoms with E-state index in [1.807, 2.05) is 0 Å². The van der Waals surface area contributed by atoms with Gasteiger partial charge in [0.25, 0.3) is 0 Å². The maximum absolute atomic E-state index is 12.1. The van der Waals surface area contributed by atoms with E-state index in [0.717, 1.165) is 38.0 Å². The van der Waals surface area contributed by atoms with Crippen molar-refractivity contribution in [2.24, 2.45) is 0 Å². The summed E-state index contributed by atoms with van der Waals surface area (Å²) < 4.78 is 30.2. The Morgan fingerprint density at radius 3 is 2.14 bits per heavy atom. The maximum atomic E-state index is 12.1. The summed E-state index contributed by atoms with van der Waals surface area (Å²) in [5, 5.41) is 19.0. The Labute approximate surface area is 168 Å². The summed E-state index contributed by atoms with van der Waals surface area (Å²) in [6.07, 6.45) is 4.86. The molecule has 1 aliphatic carbocycles. The lowest BCUT2D eigenvalue weighted by Gasteiger charge is -2.19. The average Bonchev–Trinajstić information content (AvgIpc) is 3.13. The standard InChI is InChI=1S/C21H22O7S/c1-12-9-16(18(21(24)25)11-15(12)20(22)23)17-10-14(29(2,26)27)7-8-19(17)28-13-5-3-4-6-13/h7-11,13H,3-6H2,1-2H3,(H,22,23)(H,24,25). The van der Waals surface area contributed by atoms with Gasteiger partial charge in [-0.2, -0.15) is 0 Å². The Balaban J connectivity index is 2.25. The fourth-order valence-corrected chi connectivity index (χ4v) is 4.22. The molecule has 0 saturated heterocycles. The minimum atomic E-state index is -3.54. The van der Waals surface area contributed by atoms with Gasteiger partial charge in [-0.1, -0.05) is 0 Å². The minimum Gasteiger partial charge on any atom is -0.490 e. The van der Waals surface area contributed by atoms with Gasteiger partial charge in [0, 0.05) is 17.4 Å². The van der Waals surface area contributed by atoms with Crippen molar-refractivity contribution in [1.29, 1.82) is 0 Å². The van der Waals surface area contributed by atoms with E-state index in [1.54, 1.807) is 6.92 Å². The molecule has 154 valence electrons. The van der Waals surface area contributed by atoms with Crippen LogP contribution in [0.3, 0.4) is 0 Å². The van der Waals surface area contributed by atoms with Crippen molar-refractivity contribution in [3.63, 3.8) is 0 Å². The van der Waals surface area contributed by atoms with Crippen molar-refractivity contribution in [2.45, 2.75) is 43.6 Å². The van der Waals surface area contributed by atoms with Crippen LogP contribution < -0.4 is 4.74 Å². The van der Waals surface area contributed by atoms with Crippen molar-refractivity contribution in [3.05, 3.63) is 47.0 Å². The van der Waals surface area contributed by atoms with Crippen LogP contribution in [0.2, 0.25) is 0 Å². The minimum absolute atomic E-state index is 0.0227. The van der Waals surface area contributed by atoms with Crippen LogP contribution in [-0.2, 0) is 9.84 Å². The molecule has 8 heteroatoms. The molecule has 29 heavy (non-hydrogen) atoms. The Kier molecular flexibility index (Phi) is 5.66. The third-order valence-corrected chi connectivity index (χ3v) is 6.20. The Morgan fingerprint density at radius 2 is 1.59 bits per heavy atom. The largest absolute Gasteiger partial charge is 0.490 e. The number of carboxylic acid groups (broad SMARTS) is 2. The Morgan fingerprint density at radius 1 is 0.966 bits per heavy atom. The molecule has 1 fully saturated rings. The van der Waals surface area contributed by atoms with Crippen LogP contribution in [0, 0.1) is 6.92 Å². The van der Waals surface area contributed by atoms with Crippen LogP contribution in [0.25, 0.3) is 11.1 Å². The molecule has 0 radical (unpaired) electrons. The SMILES string of the molecule is Cc1cc(-c2cc(S(C)(=O)=O)ccc2OC2CCCC2)c(C(=O)O)cc1C(=O)O. The van der Waals surface area contributed by atoms with Crippen molar-refractivity contribution >= 4 is 21.8 Å². The number of sulfone groups is 1. The molecular formula is C21H22O7S. The Hall–Kier alpha value is -2.87. The van der Waals surface area contributed by atoms with Gasteiger partial charge in [0.1, 0.15) is 5.75 Å². The first-order chi connectivity index (χ1) is 13.6. The number of hydrogen-bond donors (Lipinski definition) is 2. The van der Waals surface area contributed by atoms with Gasteiger partial charge >= 0.3 is 11.9 Å². The van der Waals surface area contributed by atoms with Crippen LogP contribution in [-0.4, -0.2) is 42.9 Å². The van der Waals surface area contributed by atoms with Crippen LogP contribution in [0.1, 0.15) is 52.0 Å². The van der Waals surface area contributed by atoms with Gasteiger partial charge in [0.05, 0.1) is 22.1 Å². The molecular weight excluding hydrogens is 396 g/mol. The highest BCUT2D eigenvalue weighted by molar-refractivity contribution is 7.90. The molecule has 1 saturated carbocycles. The first-order valence-corrected chi connectivity index (χ1v) is 11.1. The van der Waals surface area contributed by atoms with Crippen LogP contribution in [0.4, 0.5) is 0 Å². The molecule has 1 aliphatic rings. The van der Waals surface area contributed by atoms with Gasteiger partial charge in [-0.3, -0.25) is 0 Å². The van der Waals surface area contributed by atoms with Crippen molar-refractivity contribution < 1.29 is 33.0 Å². The molecule has 0 bridgehead atoms. The number of carbonyl (C=O) groups is 2. The summed E-state index contributed by atoms with van der Waals surface area (Å²) in [4.78, 5) is 23.3. The fraction of sp³-hybridized carbons (Fsp3) is 0.333. The summed E-state index contributed by atoms with van der Waals surface area (Å²) in [5.41, 5.74) is 0.559. The molecule has 7 nitrogen and oxygen atoms in total. The predicted octanol–water partition coefficient (Wildman–Crippen LogP) is 3.78. The summed E-state index contributed by atoms with van der Waals surface area (Å²) in [5.74, 6) is -2.16. The molecule has 2 aromatic rings. The van der Waals surface area contributed by atoms with Crippen LogP contribution in [0.15, 0.2) is 35.2 Å². The molecule has 0 unspecified atom stereocenters. The van der Waals surface area contributed by atoms with E-state index in [-0.39, 0.29) is 27.7 Å². The number of benzene rings is 2. The second kappa shape index (κ2) is 7.87. The summed E-state index contributed by atoms with van der Waals surface area (Å²) in [7, 11) is -3.54. The van der Waals surface area contributed by atoms with Crippen molar-refractivity contribution in [3.8, 4) is 16.9 Å². The van der Waals surface area contributed by atoms with Gasteiger partial charge in [-0.05, 0) is 68.5 Å². The van der Waals surface area contributed by atoms with Gasteiger partial charge in [-0.25, -0.2) is 18.0 Å². The van der Waals surface area contributed by atoms with Gasteiger partial charge in [0.15, 0.2) is 9.84 Å². The molecule has 3 rings (SSSR count). The zero-order valence-corrected chi connectivity index (χ0v) is 17.0. The second-order valence-electron chi connectivity index (χ2n) is 7.28. The maximum Gasteiger partial charge on any atom is 0.336 e. The highest BCUT2D eigenvalue weighted by atomic mass is 32.2. The van der Waals surface area contributed by atoms with E-state index in [1.165, 1.54) is 24.3 Å². The van der Waals surface area contributed by atoms with E-state index in [4.69, 9.17) is 4.74 Å². The molecule has 0 atom stereocenters. The quantitative estimate of drug-likeness (QED) is 0.733. The Bertz CT molecular complexity index is 1080. The summed E-state index contributed by atoms with van der Waals surface area (Å²) >= 11 is 0. The van der Waals surface area contributed by atoms with E-state index in [0.29, 0.717) is 16.9 Å². The first-order valence-electron chi connectivity index (χ1n) is 9.20. The zero-order chi connectivity index (χ0) is 21.3. The highest BCUT2D eigenvalue weighted by Gasteiger charge is 2.24. The van der Waals surface area contributed by atoms with E-state index >= 15 is 0 Å². The lowest BCUT2D eigenvalue weighted by Crippen LogP contribution is -2.13. The van der Waals surface area contributed by atoms with E-state index in [9.17, 15) is 28.2 Å². The molecule has 0 spiro atoms. The van der Waals surface area contributed by atoms with Gasteiger partial charge in [-0.15, -0.1) is 0 Å². The lowest BCUT2D eigenvalue weighted by molar-refractivity contribution is 0.0695. The number of carboxylic acids is 2. The number of aryl methyl sites for hydroxylation is 1. The normalized spacial score (nSPS) is 14.7. The smallest absolute Gasteiger partial charge is 0.336 e. The van der Waals surface area contributed by atoms with Crippen LogP contribution >= 0.6 is 0 Å². The molecule has 0 aromatic heterocycles. The van der Waals surface area contributed by atoms with Gasteiger partial charge in [0.2, 0.25) is 0 Å². The molecule has 2 N–H and O–H groups in total. The van der Waals surface area contributed by atoms with E-state index < -0.39 is 21.8 Å². The number of rotatable bonds is 6. The monoisotopic (exact) mass is 418 g/mol. The van der Waals surface area contributed by atoms with E-state index in [2.05, 4.69) is 0 Å². The average molecular weight is 418 g/mol. The summed E-state index contributed by atoms with van der Waals surface area (Å²) in [6, 6.07) is 6.91. The third kappa shape index (κ3) is 4.42. The number of aromatic carboxylic acids is 2. The number of ether oxygens (including phenoxy) is 1. The second-order valence-corrected chi connectivity index (χ2v) is 9.29. The zero-order valence-electron chi connectivity index (χ0n) is 16.1. The summed E-state index contributed by atoms with van der Waals surface area (Å²) in [6.45, 7) is 1.57. The number of hydrogen-bond acceptors (Lipinski definition) is 5. The van der Waals surface area contributed by atoms with Crippen molar-refractivity contribution in [2.75, 3.05) is 6.26 Å². The predicted molar refractivity (Wildman–Crippen MR) is 107 cm³/mol. The van der Waals surface area contributed by atoms with Crippen molar-refractivity contribution in [1.82, 2.24) is 0 Å². The fourth-order valence-electron chi connectivity index (χ4n) is 3.58. The molecule has 2 aromatic carbocycles. The molecule has 0 aliphatic heterocycles. The lowest BCUT2D eigenvalue weighted by atomic mass is 9.93. The third-order valence-electron chi connectivity index (χ3n) is 5.09. The first kappa shape index (κ1) is 20.9. The highest BCUT2D eigenvalue weighted by Crippen LogP contribution is 2.38. The van der Waals surface area contributed by atoms with Gasteiger partial charge < -0.3 is 14.9 Å². The molecule has 0 amide bonds. The van der Waals surface area contributed by atoms with Crippen LogP contribution in [0.5, 0.6) is 5.75 Å². The topological polar surface area (TPSA) is 118 Å². The molecule has 0 heterocycles.